The molecule has 0 saturated heterocycles. The molecule has 4 aliphatic heterocycles. The van der Waals surface area contributed by atoms with Crippen molar-refractivity contribution in [1.82, 2.24) is 0 Å². The minimum absolute atomic E-state index is 0.184. The van der Waals surface area contributed by atoms with Crippen LogP contribution in [-0.4, -0.2) is 13.4 Å². The van der Waals surface area contributed by atoms with E-state index in [1.165, 1.54) is 78.3 Å². The molecule has 166 valence electrons. The summed E-state index contributed by atoms with van der Waals surface area (Å²) in [6.45, 7) is 0.368. The first kappa shape index (κ1) is 18.7. The fraction of sp³-hybridized carbons (Fsp3) is 0. The molecule has 6 heteroatoms. The Morgan fingerprint density at radius 2 is 0.722 bits per heavy atom. The van der Waals surface area contributed by atoms with Gasteiger partial charge >= 0.3 is 0 Å². The van der Waals surface area contributed by atoms with Gasteiger partial charge in [-0.3, -0.25) is 0 Å². The highest BCUT2D eigenvalue weighted by Crippen LogP contribution is 2.34. The molecular weight excluding hydrogens is 438 g/mol. The Morgan fingerprint density at radius 3 is 1.19 bits per heavy atom. The molecule has 0 aliphatic carbocycles. The van der Waals surface area contributed by atoms with Crippen molar-refractivity contribution in [2.75, 3.05) is 21.3 Å². The van der Waals surface area contributed by atoms with Gasteiger partial charge in [0.1, 0.15) is 0 Å². The van der Waals surface area contributed by atoms with E-state index < -0.39 is 0 Å². The Kier molecular flexibility index (Phi) is 3.41. The maximum absolute atomic E-state index is 3.77. The van der Waals surface area contributed by atoms with E-state index in [1.807, 2.05) is 0 Å². The fourth-order valence-electron chi connectivity index (χ4n) is 6.78. The second kappa shape index (κ2) is 6.55. The van der Waals surface area contributed by atoms with Crippen LogP contribution in [0.2, 0.25) is 0 Å². The molecule has 0 saturated carbocycles. The van der Waals surface area contributed by atoms with E-state index in [2.05, 4.69) is 118 Å². The van der Waals surface area contributed by atoms with Crippen molar-refractivity contribution in [2.24, 2.45) is 0 Å². The Balaban J connectivity index is 1.33. The topological polar surface area (TPSA) is 48.1 Å². The average molecular weight is 458 g/mol. The maximum Gasteiger partial charge on any atom is 0.252 e. The zero-order valence-corrected chi connectivity index (χ0v) is 19.4. The van der Waals surface area contributed by atoms with E-state index in [4.69, 9.17) is 0 Å². The monoisotopic (exact) mass is 458 g/mol. The normalized spacial score (nSPS) is 14.3. The van der Waals surface area contributed by atoms with E-state index in [0.29, 0.717) is 0 Å². The van der Waals surface area contributed by atoms with Gasteiger partial charge < -0.3 is 21.3 Å². The molecule has 0 fully saturated rings. The van der Waals surface area contributed by atoms with Crippen molar-refractivity contribution in [3.8, 4) is 0 Å². The number of hydrogen-bond acceptors (Lipinski definition) is 4. The number of nitrogens with one attached hydrogen (secondary N) is 4. The predicted octanol–water partition coefficient (Wildman–Crippen LogP) is 2.95. The van der Waals surface area contributed by atoms with Crippen LogP contribution in [0.15, 0.2) is 97.1 Å². The van der Waals surface area contributed by atoms with Gasteiger partial charge in [-0.15, -0.1) is 0 Å². The highest BCUT2D eigenvalue weighted by molar-refractivity contribution is 7.02. The number of para-hydroxylation sites is 2. The summed E-state index contributed by atoms with van der Waals surface area (Å²) in [7, 11) is 0. The molecule has 0 unspecified atom stereocenters. The predicted molar refractivity (Wildman–Crippen MR) is 155 cm³/mol. The lowest BCUT2D eigenvalue weighted by atomic mass is 9.30. The van der Waals surface area contributed by atoms with E-state index in [9.17, 15) is 0 Å². The summed E-state index contributed by atoms with van der Waals surface area (Å²) in [5, 5.41) is 14.9. The van der Waals surface area contributed by atoms with Crippen LogP contribution in [0.5, 0.6) is 0 Å². The van der Waals surface area contributed by atoms with E-state index in [1.54, 1.807) is 0 Å². The Bertz CT molecular complexity index is 1650. The van der Waals surface area contributed by atoms with Crippen molar-refractivity contribution >= 4 is 91.7 Å². The van der Waals surface area contributed by atoms with E-state index >= 15 is 0 Å². The highest BCUT2D eigenvalue weighted by Gasteiger charge is 2.41. The van der Waals surface area contributed by atoms with Gasteiger partial charge in [0, 0.05) is 45.5 Å². The summed E-state index contributed by atoms with van der Waals surface area (Å²) >= 11 is 0. The van der Waals surface area contributed by atoms with Gasteiger partial charge in [-0.1, -0.05) is 54.6 Å². The average Bonchev–Trinajstić information content (AvgIpc) is 2.92. The lowest BCUT2D eigenvalue weighted by Crippen LogP contribution is -2.63. The maximum atomic E-state index is 3.77. The third-order valence-corrected chi connectivity index (χ3v) is 8.25. The van der Waals surface area contributed by atoms with Crippen LogP contribution in [0.1, 0.15) is 0 Å². The van der Waals surface area contributed by atoms with Gasteiger partial charge in [-0.05, 0) is 75.2 Å². The van der Waals surface area contributed by atoms with Crippen LogP contribution in [0, 0.1) is 0 Å². The first-order valence-electron chi connectivity index (χ1n) is 12.5. The minimum atomic E-state index is 0.184. The van der Waals surface area contributed by atoms with E-state index in [-0.39, 0.29) is 13.4 Å². The van der Waals surface area contributed by atoms with Gasteiger partial charge in [-0.25, -0.2) is 0 Å². The van der Waals surface area contributed by atoms with Crippen molar-refractivity contribution in [2.45, 2.75) is 0 Å². The Morgan fingerprint density at radius 1 is 0.333 bits per heavy atom. The molecule has 4 aliphatic rings. The zero-order chi connectivity index (χ0) is 23.4. The number of rotatable bonds is 0. The second-order valence-corrected chi connectivity index (χ2v) is 10.1. The largest absolute Gasteiger partial charge is 0.356 e. The van der Waals surface area contributed by atoms with Crippen molar-refractivity contribution in [1.29, 1.82) is 0 Å². The highest BCUT2D eigenvalue weighted by atomic mass is 15.0. The fourth-order valence-corrected chi connectivity index (χ4v) is 6.78. The molecule has 4 N–H and O–H groups in total. The first-order valence-corrected chi connectivity index (χ1v) is 12.5. The van der Waals surface area contributed by atoms with Crippen molar-refractivity contribution in [3.05, 3.63) is 97.1 Å². The van der Waals surface area contributed by atoms with Gasteiger partial charge in [0.25, 0.3) is 13.4 Å². The Hall–Kier alpha value is -4.57. The zero-order valence-electron chi connectivity index (χ0n) is 19.4. The molecule has 0 amide bonds. The van der Waals surface area contributed by atoms with Crippen LogP contribution in [0.4, 0.5) is 45.5 Å². The summed E-state index contributed by atoms with van der Waals surface area (Å²) < 4.78 is 0. The lowest BCUT2D eigenvalue weighted by molar-refractivity contribution is 1.49. The second-order valence-electron chi connectivity index (χ2n) is 10.1. The smallest absolute Gasteiger partial charge is 0.252 e. The summed E-state index contributed by atoms with van der Waals surface area (Å²) in [5.74, 6) is 0. The van der Waals surface area contributed by atoms with Crippen molar-refractivity contribution in [3.63, 3.8) is 0 Å². The standard InChI is InChI=1S/C30H20B2N4/c1-3-9-21-17(7-1)31-19-15-20-28(16-27(19)35-25-13-5-11-23(33-21)29(25)31)36-26-14-6-12-24-30(26)32(20)18-8-2-4-10-22(18)34-24/h1-16,33-36H. The number of fused-ring (bicyclic) bond motifs is 8. The summed E-state index contributed by atoms with van der Waals surface area (Å²) in [4.78, 5) is 0. The molecule has 0 atom stereocenters. The van der Waals surface area contributed by atoms with Crippen LogP contribution in [0.3, 0.4) is 0 Å². The summed E-state index contributed by atoms with van der Waals surface area (Å²) in [6.07, 6.45) is 0. The van der Waals surface area contributed by atoms with E-state index in [0.717, 1.165) is 0 Å². The molecule has 4 heterocycles. The summed E-state index contributed by atoms with van der Waals surface area (Å²) in [6, 6.07) is 35.3. The Labute approximate surface area is 209 Å². The molecule has 5 aromatic carbocycles. The van der Waals surface area contributed by atoms with Gasteiger partial charge in [-0.2, -0.15) is 0 Å². The summed E-state index contributed by atoms with van der Waals surface area (Å²) in [5.41, 5.74) is 17.5. The quantitative estimate of drug-likeness (QED) is 0.264. The molecule has 36 heavy (non-hydrogen) atoms. The van der Waals surface area contributed by atoms with Crippen LogP contribution < -0.4 is 54.0 Å². The minimum Gasteiger partial charge on any atom is -0.356 e. The van der Waals surface area contributed by atoms with Crippen LogP contribution in [-0.2, 0) is 0 Å². The SMILES string of the molecule is c1ccc2c(c1)Nc1cccc3c1B2c1cc2c(cc1N3)Nc1cccc3c1B2c1ccccc1N3. The van der Waals surface area contributed by atoms with Crippen molar-refractivity contribution < 1.29 is 0 Å². The number of anilines is 8. The van der Waals surface area contributed by atoms with Gasteiger partial charge in [0.2, 0.25) is 0 Å². The third-order valence-electron chi connectivity index (χ3n) is 8.25. The molecule has 0 bridgehead atoms. The number of hydrogen-bond donors (Lipinski definition) is 4. The molecule has 9 rings (SSSR count). The molecule has 0 aromatic heterocycles. The first-order chi connectivity index (χ1) is 17.8. The van der Waals surface area contributed by atoms with Crippen LogP contribution >= 0.6 is 0 Å². The van der Waals surface area contributed by atoms with Crippen LogP contribution in [0.25, 0.3) is 0 Å². The van der Waals surface area contributed by atoms with Gasteiger partial charge in [0.05, 0.1) is 0 Å². The molecule has 5 aromatic rings. The third kappa shape index (κ3) is 2.31. The lowest BCUT2D eigenvalue weighted by Gasteiger charge is -2.38. The molecular formula is C30H20B2N4. The molecule has 0 spiro atoms. The number of benzene rings is 5. The molecule has 4 nitrogen and oxygen atoms in total. The van der Waals surface area contributed by atoms with Gasteiger partial charge in [0.15, 0.2) is 0 Å². The molecule has 0 radical (unpaired) electrons.